The number of halogens is 1. The number of anilines is 1. The first-order chi connectivity index (χ1) is 10.0. The van der Waals surface area contributed by atoms with Gasteiger partial charge in [-0.3, -0.25) is 4.79 Å². The summed E-state index contributed by atoms with van der Waals surface area (Å²) in [5.41, 5.74) is 7.10. The van der Waals surface area contributed by atoms with Gasteiger partial charge in [-0.15, -0.1) is 10.2 Å². The van der Waals surface area contributed by atoms with Crippen LogP contribution in [-0.2, 0) is 0 Å². The molecule has 0 bridgehead atoms. The first-order valence-corrected chi connectivity index (χ1v) is 6.95. The highest BCUT2D eigenvalue weighted by molar-refractivity contribution is 7.18. The molecule has 0 fully saturated rings. The van der Waals surface area contributed by atoms with Crippen LogP contribution in [0.4, 0.5) is 9.52 Å². The van der Waals surface area contributed by atoms with Crippen LogP contribution >= 0.6 is 11.3 Å². The van der Waals surface area contributed by atoms with Crippen LogP contribution in [0.15, 0.2) is 41.3 Å². The van der Waals surface area contributed by atoms with Gasteiger partial charge in [-0.1, -0.05) is 17.4 Å². The Bertz CT molecular complexity index is 871. The maximum atomic E-state index is 13.4. The van der Waals surface area contributed by atoms with Crippen LogP contribution in [0.5, 0.6) is 0 Å². The average molecular weight is 302 g/mol. The molecule has 0 amide bonds. The van der Waals surface area contributed by atoms with Gasteiger partial charge in [0.2, 0.25) is 5.13 Å². The zero-order valence-corrected chi connectivity index (χ0v) is 11.9. The lowest BCUT2D eigenvalue weighted by atomic mass is 10.2. The first kappa shape index (κ1) is 13.4. The summed E-state index contributed by atoms with van der Waals surface area (Å²) in [6.45, 7) is 1.78. The number of nitrogens with zero attached hydrogens (tertiary/aromatic N) is 3. The summed E-state index contributed by atoms with van der Waals surface area (Å²) in [4.78, 5) is 12.1. The molecule has 0 saturated heterocycles. The molecule has 0 atom stereocenters. The first-order valence-electron chi connectivity index (χ1n) is 6.13. The van der Waals surface area contributed by atoms with E-state index in [2.05, 4.69) is 10.2 Å². The Balaban J connectivity index is 2.21. The van der Waals surface area contributed by atoms with E-state index >= 15 is 0 Å². The van der Waals surface area contributed by atoms with Crippen LogP contribution < -0.4 is 11.2 Å². The topological polar surface area (TPSA) is 73.8 Å². The Kier molecular flexibility index (Phi) is 3.26. The summed E-state index contributed by atoms with van der Waals surface area (Å²) >= 11 is 1.14. The van der Waals surface area contributed by atoms with Crippen molar-refractivity contribution in [1.82, 2.24) is 14.8 Å². The molecule has 5 nitrogen and oxygen atoms in total. The molecule has 106 valence electrons. The van der Waals surface area contributed by atoms with Gasteiger partial charge >= 0.3 is 0 Å². The van der Waals surface area contributed by atoms with E-state index in [9.17, 15) is 9.18 Å². The van der Waals surface area contributed by atoms with Crippen molar-refractivity contribution >= 4 is 16.5 Å². The number of aryl methyl sites for hydroxylation is 1. The van der Waals surface area contributed by atoms with Crippen LogP contribution in [-0.4, -0.2) is 14.8 Å². The van der Waals surface area contributed by atoms with Crippen molar-refractivity contribution in [1.29, 1.82) is 0 Å². The second kappa shape index (κ2) is 5.10. The van der Waals surface area contributed by atoms with Crippen LogP contribution in [0.25, 0.3) is 16.3 Å². The molecule has 1 aromatic carbocycles. The van der Waals surface area contributed by atoms with E-state index in [1.807, 2.05) is 0 Å². The zero-order chi connectivity index (χ0) is 15.0. The van der Waals surface area contributed by atoms with E-state index in [4.69, 9.17) is 5.73 Å². The van der Waals surface area contributed by atoms with E-state index in [0.29, 0.717) is 27.1 Å². The molecule has 2 heterocycles. The standard InChI is InChI=1S/C14H11FN4OS/c1-8-5-12(20)11(13-17-18-14(16)21-13)7-19(8)10-4-2-3-9(15)6-10/h2-7H,1H3,(H2,16,18). The lowest BCUT2D eigenvalue weighted by molar-refractivity contribution is 0.626. The minimum Gasteiger partial charge on any atom is -0.374 e. The third kappa shape index (κ3) is 2.55. The number of rotatable bonds is 2. The number of pyridine rings is 1. The van der Waals surface area contributed by atoms with E-state index in [-0.39, 0.29) is 11.2 Å². The number of nitrogen functional groups attached to an aromatic ring is 1. The monoisotopic (exact) mass is 302 g/mol. The molecule has 7 heteroatoms. The van der Waals surface area contributed by atoms with Crippen molar-refractivity contribution in [2.24, 2.45) is 0 Å². The zero-order valence-electron chi connectivity index (χ0n) is 11.1. The van der Waals surface area contributed by atoms with E-state index in [1.165, 1.54) is 18.2 Å². The lowest BCUT2D eigenvalue weighted by Gasteiger charge is -2.11. The van der Waals surface area contributed by atoms with Gasteiger partial charge in [-0.25, -0.2) is 4.39 Å². The summed E-state index contributed by atoms with van der Waals surface area (Å²) in [5.74, 6) is -0.340. The smallest absolute Gasteiger partial charge is 0.203 e. The number of hydrogen-bond acceptors (Lipinski definition) is 5. The molecule has 2 aromatic heterocycles. The molecule has 21 heavy (non-hydrogen) atoms. The molecule has 3 aromatic rings. The third-order valence-electron chi connectivity index (χ3n) is 3.00. The summed E-state index contributed by atoms with van der Waals surface area (Å²) in [6, 6.07) is 7.63. The van der Waals surface area contributed by atoms with Crippen molar-refractivity contribution in [2.75, 3.05) is 5.73 Å². The van der Waals surface area contributed by atoms with E-state index in [0.717, 1.165) is 11.3 Å². The Labute approximate surface area is 123 Å². The Morgan fingerprint density at radius 3 is 2.76 bits per heavy atom. The van der Waals surface area contributed by atoms with Gasteiger partial charge in [0.25, 0.3) is 0 Å². The summed E-state index contributed by atoms with van der Waals surface area (Å²) in [5, 5.41) is 8.34. The Hall–Kier alpha value is -2.54. The summed E-state index contributed by atoms with van der Waals surface area (Å²) < 4.78 is 15.1. The minimum atomic E-state index is -0.340. The van der Waals surface area contributed by atoms with Crippen molar-refractivity contribution < 1.29 is 4.39 Å². The van der Waals surface area contributed by atoms with Gasteiger partial charge in [0.1, 0.15) is 5.82 Å². The van der Waals surface area contributed by atoms with Crippen LogP contribution in [0.1, 0.15) is 5.69 Å². The summed E-state index contributed by atoms with van der Waals surface area (Å²) in [6.07, 6.45) is 1.63. The molecule has 0 aliphatic rings. The highest BCUT2D eigenvalue weighted by atomic mass is 32.1. The van der Waals surface area contributed by atoms with Gasteiger partial charge in [-0.2, -0.15) is 0 Å². The highest BCUT2D eigenvalue weighted by Crippen LogP contribution is 2.23. The molecular formula is C14H11FN4OS. The Morgan fingerprint density at radius 1 is 1.29 bits per heavy atom. The fourth-order valence-electron chi connectivity index (χ4n) is 2.04. The molecule has 0 saturated carbocycles. The average Bonchev–Trinajstić information content (AvgIpc) is 2.85. The van der Waals surface area contributed by atoms with Gasteiger partial charge in [-0.05, 0) is 25.1 Å². The fourth-order valence-corrected chi connectivity index (χ4v) is 2.66. The van der Waals surface area contributed by atoms with Crippen molar-refractivity contribution in [3.05, 3.63) is 58.3 Å². The maximum absolute atomic E-state index is 13.4. The molecule has 0 aliphatic carbocycles. The SMILES string of the molecule is Cc1cc(=O)c(-c2nnc(N)s2)cn1-c1cccc(F)c1. The molecule has 0 radical (unpaired) electrons. The Morgan fingerprint density at radius 2 is 2.10 bits per heavy atom. The van der Waals surface area contributed by atoms with Gasteiger partial charge in [0.05, 0.1) is 5.56 Å². The second-order valence-corrected chi connectivity index (χ2v) is 5.50. The van der Waals surface area contributed by atoms with Gasteiger partial charge in [0, 0.05) is 23.6 Å². The maximum Gasteiger partial charge on any atom is 0.203 e. The quantitative estimate of drug-likeness (QED) is 0.789. The van der Waals surface area contributed by atoms with Crippen molar-refractivity contribution in [3.63, 3.8) is 0 Å². The van der Waals surface area contributed by atoms with Crippen LogP contribution in [0, 0.1) is 12.7 Å². The largest absolute Gasteiger partial charge is 0.374 e. The van der Waals surface area contributed by atoms with Gasteiger partial charge in [0.15, 0.2) is 10.4 Å². The third-order valence-corrected chi connectivity index (χ3v) is 3.79. The highest BCUT2D eigenvalue weighted by Gasteiger charge is 2.12. The fraction of sp³-hybridized carbons (Fsp3) is 0.0714. The predicted molar refractivity (Wildman–Crippen MR) is 80.0 cm³/mol. The van der Waals surface area contributed by atoms with Crippen LogP contribution in [0.2, 0.25) is 0 Å². The number of nitrogens with two attached hydrogens (primary N) is 1. The molecule has 0 unspecified atom stereocenters. The van der Waals surface area contributed by atoms with Gasteiger partial charge < -0.3 is 10.3 Å². The molecular weight excluding hydrogens is 291 g/mol. The van der Waals surface area contributed by atoms with E-state index in [1.54, 1.807) is 29.8 Å². The normalized spacial score (nSPS) is 10.8. The second-order valence-electron chi connectivity index (χ2n) is 4.49. The number of benzene rings is 1. The summed E-state index contributed by atoms with van der Waals surface area (Å²) in [7, 11) is 0. The minimum absolute atomic E-state index is 0.170. The molecule has 0 aliphatic heterocycles. The van der Waals surface area contributed by atoms with E-state index < -0.39 is 0 Å². The molecule has 2 N–H and O–H groups in total. The van der Waals surface area contributed by atoms with Crippen molar-refractivity contribution in [2.45, 2.75) is 6.92 Å². The van der Waals surface area contributed by atoms with Crippen LogP contribution in [0.3, 0.4) is 0 Å². The molecule has 0 spiro atoms. The lowest BCUT2D eigenvalue weighted by Crippen LogP contribution is -2.11. The number of aromatic nitrogens is 3. The number of hydrogen-bond donors (Lipinski definition) is 1. The molecule has 3 rings (SSSR count). The predicted octanol–water partition coefficient (Wildman–Crippen LogP) is 2.39. The van der Waals surface area contributed by atoms with Crippen molar-refractivity contribution in [3.8, 4) is 16.3 Å².